The molecule has 0 aromatic heterocycles. The molecule has 1 heterocycles. The molecule has 0 unspecified atom stereocenters. The van der Waals surface area contributed by atoms with E-state index < -0.39 is 35.5 Å². The summed E-state index contributed by atoms with van der Waals surface area (Å²) in [5.74, 6) is -1.53. The Labute approximate surface area is 133 Å². The number of benzene rings is 1. The van der Waals surface area contributed by atoms with Crippen molar-refractivity contribution in [1.29, 1.82) is 0 Å². The lowest BCUT2D eigenvalue weighted by Gasteiger charge is -2.32. The van der Waals surface area contributed by atoms with Crippen LogP contribution in [0.4, 0.5) is 13.6 Å². The highest BCUT2D eigenvalue weighted by atomic mass is 19.1. The average molecular weight is 327 g/mol. The van der Waals surface area contributed by atoms with E-state index in [1.54, 1.807) is 20.8 Å². The minimum absolute atomic E-state index is 0.0418. The summed E-state index contributed by atoms with van der Waals surface area (Å²) in [5, 5.41) is 2.50. The second kappa shape index (κ2) is 6.62. The van der Waals surface area contributed by atoms with Crippen molar-refractivity contribution in [2.24, 2.45) is 0 Å². The summed E-state index contributed by atoms with van der Waals surface area (Å²) in [6.07, 6.45) is -1.75. The van der Waals surface area contributed by atoms with Gasteiger partial charge in [-0.15, -0.1) is 0 Å². The highest BCUT2D eigenvalue weighted by Gasteiger charge is 2.35. The van der Waals surface area contributed by atoms with Gasteiger partial charge in [0.25, 0.3) is 0 Å². The van der Waals surface area contributed by atoms with Crippen LogP contribution in [0.15, 0.2) is 18.2 Å². The highest BCUT2D eigenvalue weighted by molar-refractivity contribution is 5.82. The number of Topliss-reactive ketones (excluding diaryl/α,β-unsaturated/α-hetero) is 1. The van der Waals surface area contributed by atoms with Crippen molar-refractivity contribution in [2.45, 2.75) is 44.9 Å². The number of ether oxygens (including phenoxy) is 2. The molecule has 2 rings (SSSR count). The van der Waals surface area contributed by atoms with E-state index >= 15 is 0 Å². The Kier molecular flexibility index (Phi) is 4.99. The van der Waals surface area contributed by atoms with Crippen molar-refractivity contribution in [3.63, 3.8) is 0 Å². The maximum absolute atomic E-state index is 14.0. The molecule has 1 aromatic rings. The number of hydrogen-bond donors (Lipinski definition) is 1. The van der Waals surface area contributed by atoms with E-state index in [1.165, 1.54) is 0 Å². The van der Waals surface area contributed by atoms with Crippen LogP contribution < -0.4 is 5.32 Å². The molecule has 1 amide bonds. The monoisotopic (exact) mass is 327 g/mol. The number of carbonyl (C=O) groups is 2. The van der Waals surface area contributed by atoms with Crippen LogP contribution in [0.1, 0.15) is 38.9 Å². The predicted molar refractivity (Wildman–Crippen MR) is 77.8 cm³/mol. The molecule has 1 aliphatic heterocycles. The van der Waals surface area contributed by atoms with Crippen LogP contribution in [0.3, 0.4) is 0 Å². The number of halogens is 2. The molecule has 126 valence electrons. The summed E-state index contributed by atoms with van der Waals surface area (Å²) in [7, 11) is 0. The molecule has 1 aliphatic rings. The molecule has 1 N–H and O–H groups in total. The maximum Gasteiger partial charge on any atom is 0.407 e. The van der Waals surface area contributed by atoms with Gasteiger partial charge in [-0.3, -0.25) is 4.79 Å². The van der Waals surface area contributed by atoms with E-state index in [9.17, 15) is 18.4 Å². The second-order valence-electron chi connectivity index (χ2n) is 6.39. The van der Waals surface area contributed by atoms with Gasteiger partial charge >= 0.3 is 6.09 Å². The summed E-state index contributed by atoms with van der Waals surface area (Å²) in [6, 6.07) is 2.14. The van der Waals surface area contributed by atoms with Gasteiger partial charge in [0.15, 0.2) is 5.78 Å². The van der Waals surface area contributed by atoms with Crippen LogP contribution in [0, 0.1) is 11.6 Å². The van der Waals surface area contributed by atoms with E-state index in [-0.39, 0.29) is 24.4 Å². The lowest BCUT2D eigenvalue weighted by atomic mass is 9.95. The molecular weight excluding hydrogens is 308 g/mol. The van der Waals surface area contributed by atoms with Crippen LogP contribution in [0.2, 0.25) is 0 Å². The number of amides is 1. The van der Waals surface area contributed by atoms with Gasteiger partial charge in [-0.05, 0) is 39.0 Å². The van der Waals surface area contributed by atoms with E-state index in [4.69, 9.17) is 9.47 Å². The Morgan fingerprint density at radius 2 is 2.04 bits per heavy atom. The average Bonchev–Trinajstić information content (AvgIpc) is 2.40. The Bertz CT molecular complexity index is 613. The lowest BCUT2D eigenvalue weighted by molar-refractivity contribution is -0.133. The standard InChI is InChI=1S/C16H19F2NO4/c1-16(2,3)23-15(21)19-13-7-10(20)8-22-14(13)11-6-9(17)4-5-12(11)18/h4-6,13-14H,7-8H2,1-3H3,(H,19,21)/t13-,14-/m1/s1. The SMILES string of the molecule is CC(C)(C)OC(=O)N[C@@H]1CC(=O)CO[C@@H]1c1cc(F)ccc1F. The van der Waals surface area contributed by atoms with Crippen molar-refractivity contribution in [3.8, 4) is 0 Å². The van der Waals surface area contributed by atoms with Crippen LogP contribution in [-0.2, 0) is 14.3 Å². The van der Waals surface area contributed by atoms with E-state index in [1.807, 2.05) is 0 Å². The molecule has 23 heavy (non-hydrogen) atoms. The van der Waals surface area contributed by atoms with Crippen molar-refractivity contribution < 1.29 is 27.8 Å². The van der Waals surface area contributed by atoms with Gasteiger partial charge in [-0.25, -0.2) is 13.6 Å². The molecule has 0 radical (unpaired) electrons. The molecule has 1 aromatic carbocycles. The number of ketones is 1. The third kappa shape index (κ3) is 4.72. The number of hydrogen-bond acceptors (Lipinski definition) is 4. The topological polar surface area (TPSA) is 64.6 Å². The Morgan fingerprint density at radius 1 is 1.35 bits per heavy atom. The zero-order valence-corrected chi connectivity index (χ0v) is 13.2. The van der Waals surface area contributed by atoms with Crippen LogP contribution in [0.25, 0.3) is 0 Å². The Hall–Kier alpha value is -2.02. The smallest absolute Gasteiger partial charge is 0.407 e. The van der Waals surface area contributed by atoms with Crippen molar-refractivity contribution in [1.82, 2.24) is 5.32 Å². The van der Waals surface area contributed by atoms with Crippen molar-refractivity contribution in [2.75, 3.05) is 6.61 Å². The van der Waals surface area contributed by atoms with Crippen LogP contribution in [-0.4, -0.2) is 30.1 Å². The van der Waals surface area contributed by atoms with Gasteiger partial charge in [0.2, 0.25) is 0 Å². The van der Waals surface area contributed by atoms with Gasteiger partial charge in [0, 0.05) is 12.0 Å². The van der Waals surface area contributed by atoms with Crippen molar-refractivity contribution >= 4 is 11.9 Å². The summed E-state index contributed by atoms with van der Waals surface area (Å²) in [5.41, 5.74) is -0.762. The van der Waals surface area contributed by atoms with E-state index in [0.29, 0.717) is 0 Å². The van der Waals surface area contributed by atoms with Gasteiger partial charge in [0.05, 0.1) is 6.04 Å². The fourth-order valence-electron chi connectivity index (χ4n) is 2.33. The summed E-state index contributed by atoms with van der Waals surface area (Å²) >= 11 is 0. The second-order valence-corrected chi connectivity index (χ2v) is 6.39. The normalized spacial score (nSPS) is 21.9. The third-order valence-corrected chi connectivity index (χ3v) is 3.20. The zero-order chi connectivity index (χ0) is 17.2. The molecule has 1 fully saturated rings. The van der Waals surface area contributed by atoms with Gasteiger partial charge in [-0.2, -0.15) is 0 Å². The molecule has 2 atom stereocenters. The first-order valence-corrected chi connectivity index (χ1v) is 7.23. The number of nitrogens with one attached hydrogen (secondary N) is 1. The lowest BCUT2D eigenvalue weighted by Crippen LogP contribution is -2.47. The molecule has 0 aliphatic carbocycles. The first-order chi connectivity index (χ1) is 10.7. The minimum atomic E-state index is -0.962. The molecule has 0 saturated carbocycles. The first-order valence-electron chi connectivity index (χ1n) is 7.23. The predicted octanol–water partition coefficient (Wildman–Crippen LogP) is 2.89. The minimum Gasteiger partial charge on any atom is -0.444 e. The summed E-state index contributed by atoms with van der Waals surface area (Å²) < 4.78 is 37.8. The molecule has 5 nitrogen and oxygen atoms in total. The summed E-state index contributed by atoms with van der Waals surface area (Å²) in [4.78, 5) is 23.5. The number of carbonyl (C=O) groups excluding carboxylic acids is 2. The van der Waals surface area contributed by atoms with E-state index in [2.05, 4.69) is 5.32 Å². The quantitative estimate of drug-likeness (QED) is 0.907. The van der Waals surface area contributed by atoms with Crippen LogP contribution in [0.5, 0.6) is 0 Å². The zero-order valence-electron chi connectivity index (χ0n) is 13.2. The van der Waals surface area contributed by atoms with E-state index in [0.717, 1.165) is 18.2 Å². The van der Waals surface area contributed by atoms with Gasteiger partial charge in [0.1, 0.15) is 29.9 Å². The number of rotatable bonds is 2. The highest BCUT2D eigenvalue weighted by Crippen LogP contribution is 2.30. The molecule has 0 bridgehead atoms. The maximum atomic E-state index is 14.0. The molecule has 7 heteroatoms. The Morgan fingerprint density at radius 3 is 2.70 bits per heavy atom. The van der Waals surface area contributed by atoms with Gasteiger partial charge in [-0.1, -0.05) is 0 Å². The Balaban J connectivity index is 2.21. The van der Waals surface area contributed by atoms with Crippen molar-refractivity contribution in [3.05, 3.63) is 35.4 Å². The fraction of sp³-hybridized carbons (Fsp3) is 0.500. The largest absolute Gasteiger partial charge is 0.444 e. The number of alkyl carbamates (subject to hydrolysis) is 1. The molecule has 0 spiro atoms. The molecular formula is C16H19F2NO4. The van der Waals surface area contributed by atoms with Crippen LogP contribution >= 0.6 is 0 Å². The van der Waals surface area contributed by atoms with Gasteiger partial charge < -0.3 is 14.8 Å². The molecule has 1 saturated heterocycles. The summed E-state index contributed by atoms with van der Waals surface area (Å²) in [6.45, 7) is 4.86. The third-order valence-electron chi connectivity index (χ3n) is 3.20. The first kappa shape index (κ1) is 17.3. The fourth-order valence-corrected chi connectivity index (χ4v) is 2.33.